The monoisotopic (exact) mass is 332 g/mol. The van der Waals surface area contributed by atoms with Gasteiger partial charge in [0.2, 0.25) is 0 Å². The number of rotatable bonds is 5. The third-order valence-electron chi connectivity index (χ3n) is 3.66. The number of halogens is 1. The van der Waals surface area contributed by atoms with Gasteiger partial charge in [-0.25, -0.2) is 8.42 Å². The van der Waals surface area contributed by atoms with E-state index >= 15 is 0 Å². The molecule has 7 heteroatoms. The van der Waals surface area contributed by atoms with Crippen molar-refractivity contribution in [1.29, 1.82) is 0 Å². The maximum Gasteiger partial charge on any atom is 0.304 e. The molecule has 0 aromatic heterocycles. The van der Waals surface area contributed by atoms with Crippen LogP contribution in [-0.2, 0) is 24.8 Å². The van der Waals surface area contributed by atoms with E-state index in [2.05, 4.69) is 0 Å². The van der Waals surface area contributed by atoms with Crippen molar-refractivity contribution in [2.24, 2.45) is 0 Å². The molecule has 1 aliphatic rings. The van der Waals surface area contributed by atoms with E-state index in [1.807, 2.05) is 0 Å². The second-order valence-electron chi connectivity index (χ2n) is 5.80. The first-order valence-corrected chi connectivity index (χ1v) is 8.40. The van der Waals surface area contributed by atoms with Gasteiger partial charge in [0.15, 0.2) is 9.84 Å². The van der Waals surface area contributed by atoms with Crippen molar-refractivity contribution in [2.45, 2.75) is 35.8 Å². The molecule has 5 nitrogen and oxygen atoms in total. The number of hydrogen-bond acceptors (Lipinski definition) is 4. The Kier molecular flexibility index (Phi) is 4.33. The number of carbonyl (C=O) groups is 1. The summed E-state index contributed by atoms with van der Waals surface area (Å²) < 4.78 is 29.5. The van der Waals surface area contributed by atoms with Crippen LogP contribution in [0.15, 0.2) is 23.1 Å². The lowest BCUT2D eigenvalue weighted by atomic mass is 9.82. The molecule has 0 bridgehead atoms. The van der Waals surface area contributed by atoms with Crippen molar-refractivity contribution in [3.63, 3.8) is 0 Å². The lowest BCUT2D eigenvalue weighted by molar-refractivity contribution is -0.138. The highest BCUT2D eigenvalue weighted by molar-refractivity contribution is 7.92. The van der Waals surface area contributed by atoms with Crippen LogP contribution < -0.4 is 0 Å². The zero-order valence-corrected chi connectivity index (χ0v) is 13.4. The van der Waals surface area contributed by atoms with Crippen LogP contribution in [0.4, 0.5) is 0 Å². The van der Waals surface area contributed by atoms with Gasteiger partial charge in [0.25, 0.3) is 0 Å². The number of carboxylic acids is 1. The Hall–Kier alpha value is -1.11. The van der Waals surface area contributed by atoms with Crippen LogP contribution in [0, 0.1) is 0 Å². The summed E-state index contributed by atoms with van der Waals surface area (Å²) in [5.74, 6) is -0.917. The number of carboxylic acid groups (broad SMARTS) is 1. The van der Waals surface area contributed by atoms with Crippen molar-refractivity contribution in [3.05, 3.63) is 28.8 Å². The van der Waals surface area contributed by atoms with Crippen molar-refractivity contribution >= 4 is 27.4 Å². The molecular formula is C14H17ClO5S. The first kappa shape index (κ1) is 16.3. The van der Waals surface area contributed by atoms with Crippen molar-refractivity contribution in [3.8, 4) is 0 Å². The van der Waals surface area contributed by atoms with E-state index in [0.29, 0.717) is 5.56 Å². The Morgan fingerprint density at radius 1 is 1.43 bits per heavy atom. The number of sulfone groups is 1. The Morgan fingerprint density at radius 2 is 2.05 bits per heavy atom. The van der Waals surface area contributed by atoms with Gasteiger partial charge in [0.05, 0.1) is 29.6 Å². The Morgan fingerprint density at radius 3 is 2.48 bits per heavy atom. The minimum Gasteiger partial charge on any atom is -0.481 e. The molecule has 0 radical (unpaired) electrons. The van der Waals surface area contributed by atoms with Gasteiger partial charge in [-0.05, 0) is 17.7 Å². The second-order valence-corrected chi connectivity index (χ2v) is 8.41. The predicted octanol–water partition coefficient (Wildman–Crippen LogP) is 2.26. The van der Waals surface area contributed by atoms with E-state index in [1.165, 1.54) is 12.1 Å². The van der Waals surface area contributed by atoms with Crippen molar-refractivity contribution < 1.29 is 23.1 Å². The fourth-order valence-corrected chi connectivity index (χ4v) is 4.21. The van der Waals surface area contributed by atoms with Crippen LogP contribution in [0.1, 0.15) is 25.8 Å². The summed E-state index contributed by atoms with van der Waals surface area (Å²) in [4.78, 5) is 11.0. The Labute approximate surface area is 128 Å². The number of ether oxygens (including phenoxy) is 1. The highest BCUT2D eigenvalue weighted by Gasteiger charge is 2.36. The molecule has 1 fully saturated rings. The summed E-state index contributed by atoms with van der Waals surface area (Å²) in [7, 11) is -3.49. The topological polar surface area (TPSA) is 80.7 Å². The van der Waals surface area contributed by atoms with Gasteiger partial charge in [-0.2, -0.15) is 0 Å². The Bertz CT molecular complexity index is 662. The first-order valence-electron chi connectivity index (χ1n) is 6.48. The average Bonchev–Trinajstić information content (AvgIpc) is 2.23. The second kappa shape index (κ2) is 5.59. The highest BCUT2D eigenvalue weighted by atomic mass is 35.5. The Balaban J connectivity index is 2.36. The fraction of sp³-hybridized carbons (Fsp3) is 0.500. The summed E-state index contributed by atoms with van der Waals surface area (Å²) in [5.41, 5.74) is 0.0656. The van der Waals surface area contributed by atoms with Gasteiger partial charge in [-0.15, -0.1) is 0 Å². The molecule has 1 N–H and O–H groups in total. The largest absolute Gasteiger partial charge is 0.481 e. The molecule has 1 aromatic rings. The normalized spacial score (nSPS) is 16.5. The summed E-state index contributed by atoms with van der Waals surface area (Å²) in [6.45, 7) is 3.93. The van der Waals surface area contributed by atoms with Crippen LogP contribution in [0.2, 0.25) is 5.02 Å². The van der Waals surface area contributed by atoms with Crippen molar-refractivity contribution in [1.82, 2.24) is 0 Å². The molecule has 1 heterocycles. The number of benzene rings is 1. The molecule has 116 valence electrons. The van der Waals surface area contributed by atoms with Gasteiger partial charge in [-0.3, -0.25) is 4.79 Å². The SMILES string of the molecule is CC(C)(CC(=O)O)c1ccc(S(=O)(=O)C2COC2)c(Cl)c1. The van der Waals surface area contributed by atoms with Crippen LogP contribution in [0.3, 0.4) is 0 Å². The van der Waals surface area contributed by atoms with E-state index in [0.717, 1.165) is 0 Å². The predicted molar refractivity (Wildman–Crippen MR) is 78.5 cm³/mol. The zero-order chi connectivity index (χ0) is 15.8. The molecule has 0 atom stereocenters. The van der Waals surface area contributed by atoms with Crippen LogP contribution in [0.5, 0.6) is 0 Å². The molecule has 0 aliphatic carbocycles. The average molecular weight is 333 g/mol. The number of aliphatic carboxylic acids is 1. The van der Waals surface area contributed by atoms with Gasteiger partial charge in [0, 0.05) is 5.41 Å². The van der Waals surface area contributed by atoms with E-state index < -0.39 is 26.5 Å². The van der Waals surface area contributed by atoms with Gasteiger partial charge in [0.1, 0.15) is 5.25 Å². The summed E-state index contributed by atoms with van der Waals surface area (Å²) in [6.07, 6.45) is -0.0636. The van der Waals surface area contributed by atoms with E-state index in [1.54, 1.807) is 19.9 Å². The quantitative estimate of drug-likeness (QED) is 0.894. The van der Waals surface area contributed by atoms with Gasteiger partial charge >= 0.3 is 5.97 Å². The molecule has 0 spiro atoms. The minimum atomic E-state index is -3.49. The van der Waals surface area contributed by atoms with Crippen LogP contribution in [-0.4, -0.2) is 38.0 Å². The standard InChI is InChI=1S/C14H17ClO5S/c1-14(2,6-13(16)17)9-3-4-12(11(15)5-9)21(18,19)10-7-20-8-10/h3-5,10H,6-8H2,1-2H3,(H,16,17). The maximum atomic E-state index is 12.3. The van der Waals surface area contributed by atoms with Crippen molar-refractivity contribution in [2.75, 3.05) is 13.2 Å². The molecule has 1 aliphatic heterocycles. The van der Waals surface area contributed by atoms with Crippen LogP contribution >= 0.6 is 11.6 Å². The van der Waals surface area contributed by atoms with Gasteiger partial charge < -0.3 is 9.84 Å². The smallest absolute Gasteiger partial charge is 0.304 e. The maximum absolute atomic E-state index is 12.3. The lowest BCUT2D eigenvalue weighted by Crippen LogP contribution is -2.40. The third-order valence-corrected chi connectivity index (χ3v) is 6.20. The molecule has 21 heavy (non-hydrogen) atoms. The zero-order valence-electron chi connectivity index (χ0n) is 11.8. The number of hydrogen-bond donors (Lipinski definition) is 1. The molecule has 0 unspecified atom stereocenters. The highest BCUT2D eigenvalue weighted by Crippen LogP contribution is 2.34. The summed E-state index contributed by atoms with van der Waals surface area (Å²) in [6, 6.07) is 4.62. The molecule has 0 amide bonds. The van der Waals surface area contributed by atoms with E-state index in [4.69, 9.17) is 21.4 Å². The van der Waals surface area contributed by atoms with Gasteiger partial charge in [-0.1, -0.05) is 31.5 Å². The van der Waals surface area contributed by atoms with E-state index in [-0.39, 0.29) is 29.6 Å². The summed E-state index contributed by atoms with van der Waals surface area (Å²) in [5, 5.41) is 8.51. The summed E-state index contributed by atoms with van der Waals surface area (Å²) >= 11 is 6.11. The molecule has 0 saturated carbocycles. The molecule has 1 saturated heterocycles. The van der Waals surface area contributed by atoms with Crippen LogP contribution in [0.25, 0.3) is 0 Å². The minimum absolute atomic E-state index is 0.0636. The lowest BCUT2D eigenvalue weighted by Gasteiger charge is -2.27. The van der Waals surface area contributed by atoms with E-state index in [9.17, 15) is 13.2 Å². The first-order chi connectivity index (χ1) is 9.64. The molecular weight excluding hydrogens is 316 g/mol. The molecule has 2 rings (SSSR count). The molecule has 1 aromatic carbocycles. The fourth-order valence-electron chi connectivity index (χ4n) is 2.21. The third kappa shape index (κ3) is 3.22.